The Labute approximate surface area is 155 Å². The Morgan fingerprint density at radius 3 is 2.40 bits per heavy atom. The number of hydrogen-bond acceptors (Lipinski definition) is 4. The molecule has 2 rings (SSSR count). The van der Waals surface area contributed by atoms with E-state index >= 15 is 0 Å². The lowest BCUT2D eigenvalue weighted by Crippen LogP contribution is -2.42. The number of rotatable bonds is 8. The SMILES string of the molecule is Cl.NCCN(CCc1ccccc1)C(=O)CCC(=O)N1CCOCC1. The Kier molecular flexibility index (Phi) is 10.1. The number of hydrogen-bond donors (Lipinski definition) is 1. The minimum absolute atomic E-state index is 0. The molecule has 0 aromatic heterocycles. The van der Waals surface area contributed by atoms with Gasteiger partial charge in [0, 0.05) is 45.6 Å². The van der Waals surface area contributed by atoms with E-state index in [-0.39, 0.29) is 37.1 Å². The predicted octanol–water partition coefficient (Wildman–Crippen LogP) is 1.08. The molecule has 1 heterocycles. The molecule has 140 valence electrons. The average molecular weight is 370 g/mol. The molecule has 2 N–H and O–H groups in total. The highest BCUT2D eigenvalue weighted by molar-refractivity contribution is 5.85. The van der Waals surface area contributed by atoms with Crippen molar-refractivity contribution < 1.29 is 14.3 Å². The Morgan fingerprint density at radius 1 is 1.08 bits per heavy atom. The highest BCUT2D eigenvalue weighted by atomic mass is 35.5. The van der Waals surface area contributed by atoms with Gasteiger partial charge >= 0.3 is 0 Å². The summed E-state index contributed by atoms with van der Waals surface area (Å²) in [5.74, 6) is 0.0281. The maximum Gasteiger partial charge on any atom is 0.223 e. The summed E-state index contributed by atoms with van der Waals surface area (Å²) in [6, 6.07) is 10.1. The third-order valence-corrected chi connectivity index (χ3v) is 4.18. The number of morpholine rings is 1. The summed E-state index contributed by atoms with van der Waals surface area (Å²) in [7, 11) is 0. The Hall–Kier alpha value is -1.63. The van der Waals surface area contributed by atoms with Crippen molar-refractivity contribution in [3.05, 3.63) is 35.9 Å². The zero-order chi connectivity index (χ0) is 17.2. The second-order valence-corrected chi connectivity index (χ2v) is 5.90. The van der Waals surface area contributed by atoms with Gasteiger partial charge < -0.3 is 20.3 Å². The fraction of sp³-hybridized carbons (Fsp3) is 0.556. The number of carbonyl (C=O) groups is 2. The number of halogens is 1. The quantitative estimate of drug-likeness (QED) is 0.744. The van der Waals surface area contributed by atoms with E-state index in [0.29, 0.717) is 45.9 Å². The maximum absolute atomic E-state index is 12.4. The van der Waals surface area contributed by atoms with Crippen molar-refractivity contribution in [3.63, 3.8) is 0 Å². The number of nitrogens with two attached hydrogens (primary N) is 1. The van der Waals surface area contributed by atoms with Crippen molar-refractivity contribution in [2.45, 2.75) is 19.3 Å². The van der Waals surface area contributed by atoms with Crippen LogP contribution < -0.4 is 5.73 Å². The predicted molar refractivity (Wildman–Crippen MR) is 99.7 cm³/mol. The van der Waals surface area contributed by atoms with Crippen LogP contribution in [0.1, 0.15) is 18.4 Å². The molecule has 1 aromatic carbocycles. The maximum atomic E-state index is 12.4. The van der Waals surface area contributed by atoms with Gasteiger partial charge in [-0.2, -0.15) is 0 Å². The number of amides is 2. The van der Waals surface area contributed by atoms with Crippen LogP contribution >= 0.6 is 12.4 Å². The second kappa shape index (κ2) is 11.8. The summed E-state index contributed by atoms with van der Waals surface area (Å²) < 4.78 is 5.24. The van der Waals surface area contributed by atoms with Gasteiger partial charge in [-0.25, -0.2) is 0 Å². The van der Waals surface area contributed by atoms with E-state index in [0.717, 1.165) is 6.42 Å². The average Bonchev–Trinajstić information content (AvgIpc) is 2.64. The normalized spacial score (nSPS) is 13.9. The molecular formula is C18H28ClN3O3. The van der Waals surface area contributed by atoms with E-state index in [1.165, 1.54) is 5.56 Å². The van der Waals surface area contributed by atoms with Crippen LogP contribution in [-0.4, -0.2) is 67.6 Å². The number of carbonyl (C=O) groups excluding carboxylic acids is 2. The first-order chi connectivity index (χ1) is 11.7. The summed E-state index contributed by atoms with van der Waals surface area (Å²) in [4.78, 5) is 28.1. The van der Waals surface area contributed by atoms with Gasteiger partial charge in [0.25, 0.3) is 0 Å². The monoisotopic (exact) mass is 369 g/mol. The topological polar surface area (TPSA) is 75.9 Å². The second-order valence-electron chi connectivity index (χ2n) is 5.90. The third kappa shape index (κ3) is 7.42. The molecule has 0 unspecified atom stereocenters. The molecule has 1 aliphatic rings. The number of ether oxygens (including phenoxy) is 1. The van der Waals surface area contributed by atoms with Crippen LogP contribution in [0.4, 0.5) is 0 Å². The standard InChI is InChI=1S/C18H27N3O3.ClH/c19-9-11-20(10-8-16-4-2-1-3-5-16)17(22)6-7-18(23)21-12-14-24-15-13-21;/h1-5H,6-15,19H2;1H. The van der Waals surface area contributed by atoms with Gasteiger partial charge in [-0.1, -0.05) is 30.3 Å². The van der Waals surface area contributed by atoms with Gasteiger partial charge in [0.1, 0.15) is 0 Å². The van der Waals surface area contributed by atoms with Crippen LogP contribution in [0.15, 0.2) is 30.3 Å². The van der Waals surface area contributed by atoms with Crippen LogP contribution in [0.5, 0.6) is 0 Å². The number of nitrogens with zero attached hydrogens (tertiary/aromatic N) is 2. The molecule has 6 nitrogen and oxygen atoms in total. The van der Waals surface area contributed by atoms with Crippen LogP contribution in [-0.2, 0) is 20.7 Å². The summed E-state index contributed by atoms with van der Waals surface area (Å²) >= 11 is 0. The third-order valence-electron chi connectivity index (χ3n) is 4.18. The minimum atomic E-state index is -0.00186. The van der Waals surface area contributed by atoms with Crippen molar-refractivity contribution in [1.29, 1.82) is 0 Å². The minimum Gasteiger partial charge on any atom is -0.378 e. The van der Waals surface area contributed by atoms with Crippen LogP contribution in [0, 0.1) is 0 Å². The molecular weight excluding hydrogens is 342 g/mol. The van der Waals surface area contributed by atoms with Gasteiger partial charge in [0.2, 0.25) is 11.8 Å². The molecule has 0 saturated carbocycles. The van der Waals surface area contributed by atoms with E-state index < -0.39 is 0 Å². The first-order valence-corrected chi connectivity index (χ1v) is 8.58. The largest absolute Gasteiger partial charge is 0.378 e. The van der Waals surface area contributed by atoms with Crippen molar-refractivity contribution in [1.82, 2.24) is 9.80 Å². The molecule has 7 heteroatoms. The van der Waals surface area contributed by atoms with E-state index in [9.17, 15) is 9.59 Å². The van der Waals surface area contributed by atoms with Crippen LogP contribution in [0.25, 0.3) is 0 Å². The van der Waals surface area contributed by atoms with Gasteiger partial charge in [-0.05, 0) is 12.0 Å². The Balaban J connectivity index is 0.00000312. The van der Waals surface area contributed by atoms with Crippen LogP contribution in [0.3, 0.4) is 0 Å². The lowest BCUT2D eigenvalue weighted by atomic mass is 10.1. The molecule has 25 heavy (non-hydrogen) atoms. The molecule has 1 aromatic rings. The van der Waals surface area contributed by atoms with Crippen molar-refractivity contribution in [3.8, 4) is 0 Å². The smallest absolute Gasteiger partial charge is 0.223 e. The molecule has 1 fully saturated rings. The summed E-state index contributed by atoms with van der Waals surface area (Å²) in [5.41, 5.74) is 6.82. The summed E-state index contributed by atoms with van der Waals surface area (Å²) in [5, 5.41) is 0. The molecule has 1 saturated heterocycles. The van der Waals surface area contributed by atoms with Gasteiger partial charge in [0.15, 0.2) is 0 Å². The highest BCUT2D eigenvalue weighted by Crippen LogP contribution is 2.07. The fourth-order valence-corrected chi connectivity index (χ4v) is 2.77. The lowest BCUT2D eigenvalue weighted by Gasteiger charge is -2.27. The highest BCUT2D eigenvalue weighted by Gasteiger charge is 2.19. The van der Waals surface area contributed by atoms with Crippen molar-refractivity contribution >= 4 is 24.2 Å². The van der Waals surface area contributed by atoms with Crippen molar-refractivity contribution in [2.75, 3.05) is 45.9 Å². The van der Waals surface area contributed by atoms with Gasteiger partial charge in [0.05, 0.1) is 13.2 Å². The van der Waals surface area contributed by atoms with E-state index in [4.69, 9.17) is 10.5 Å². The molecule has 0 aliphatic carbocycles. The first-order valence-electron chi connectivity index (χ1n) is 8.58. The summed E-state index contributed by atoms with van der Waals surface area (Å²) in [6.45, 7) is 3.98. The molecule has 0 radical (unpaired) electrons. The Bertz CT molecular complexity index is 522. The van der Waals surface area contributed by atoms with Gasteiger partial charge in [-0.3, -0.25) is 9.59 Å². The molecule has 0 atom stereocenters. The van der Waals surface area contributed by atoms with Crippen molar-refractivity contribution in [2.24, 2.45) is 5.73 Å². The molecule has 1 aliphatic heterocycles. The molecule has 0 bridgehead atoms. The zero-order valence-corrected chi connectivity index (χ0v) is 15.4. The van der Waals surface area contributed by atoms with E-state index in [1.807, 2.05) is 30.3 Å². The lowest BCUT2D eigenvalue weighted by molar-refractivity contribution is -0.139. The van der Waals surface area contributed by atoms with Crippen LogP contribution in [0.2, 0.25) is 0 Å². The summed E-state index contributed by atoms with van der Waals surface area (Å²) in [6.07, 6.45) is 1.29. The first kappa shape index (κ1) is 21.4. The molecule has 0 spiro atoms. The fourth-order valence-electron chi connectivity index (χ4n) is 2.77. The molecule has 2 amide bonds. The Morgan fingerprint density at radius 2 is 1.76 bits per heavy atom. The zero-order valence-electron chi connectivity index (χ0n) is 14.6. The number of benzene rings is 1. The van der Waals surface area contributed by atoms with Gasteiger partial charge in [-0.15, -0.1) is 12.4 Å². The van der Waals surface area contributed by atoms with E-state index in [2.05, 4.69) is 0 Å². The van der Waals surface area contributed by atoms with E-state index in [1.54, 1.807) is 9.80 Å².